The van der Waals surface area contributed by atoms with Crippen LogP contribution in [0.15, 0.2) is 36.4 Å². The van der Waals surface area contributed by atoms with Crippen LogP contribution in [0.5, 0.6) is 0 Å². The van der Waals surface area contributed by atoms with E-state index in [-0.39, 0.29) is 11.9 Å². The van der Waals surface area contributed by atoms with Crippen molar-refractivity contribution < 1.29 is 4.79 Å². The molecule has 0 bridgehead atoms. The molecule has 1 amide bonds. The number of aryl methyl sites for hydroxylation is 1. The Hall–Kier alpha value is -2.07. The van der Waals surface area contributed by atoms with Crippen molar-refractivity contribution in [2.45, 2.75) is 33.2 Å². The monoisotopic (exact) mass is 339 g/mol. The molecule has 2 atom stereocenters. The summed E-state index contributed by atoms with van der Waals surface area (Å²) in [5.74, 6) is 0.749. The molecule has 134 valence electrons. The number of hydrogen-bond acceptors (Lipinski definition) is 2. The Morgan fingerprint density at radius 2 is 2.00 bits per heavy atom. The highest BCUT2D eigenvalue weighted by Crippen LogP contribution is 2.27. The first-order valence-electron chi connectivity index (χ1n) is 9.20. The number of amides is 1. The molecule has 2 aromatic rings. The van der Waals surface area contributed by atoms with Crippen molar-refractivity contribution >= 4 is 5.91 Å². The van der Waals surface area contributed by atoms with Crippen LogP contribution >= 0.6 is 0 Å². The number of benzene rings is 1. The maximum Gasteiger partial charge on any atom is 0.255 e. The lowest BCUT2D eigenvalue weighted by molar-refractivity contribution is 0.0786. The number of carbonyl (C=O) groups excluding carboxylic acids is 1. The molecule has 1 aliphatic heterocycles. The molecule has 4 heteroatoms. The van der Waals surface area contributed by atoms with Crippen molar-refractivity contribution in [2.24, 2.45) is 5.92 Å². The van der Waals surface area contributed by atoms with Gasteiger partial charge in [0.15, 0.2) is 0 Å². The minimum absolute atomic E-state index is 0.179. The SMILES string of the molecule is CNC[C@H]1CCN(C(=O)c2cc(C)n([C@H](C)c3ccccc3)c2C)C1. The van der Waals surface area contributed by atoms with Gasteiger partial charge in [-0.2, -0.15) is 0 Å². The Kier molecular flexibility index (Phi) is 5.28. The average molecular weight is 339 g/mol. The van der Waals surface area contributed by atoms with E-state index in [2.05, 4.69) is 61.0 Å². The quantitative estimate of drug-likeness (QED) is 0.906. The second kappa shape index (κ2) is 7.44. The summed E-state index contributed by atoms with van der Waals surface area (Å²) in [7, 11) is 1.98. The van der Waals surface area contributed by atoms with Gasteiger partial charge in [0, 0.05) is 24.5 Å². The van der Waals surface area contributed by atoms with Crippen LogP contribution in [0.1, 0.15) is 46.7 Å². The minimum Gasteiger partial charge on any atom is -0.341 e. The van der Waals surface area contributed by atoms with Gasteiger partial charge in [-0.1, -0.05) is 30.3 Å². The number of nitrogens with zero attached hydrogens (tertiary/aromatic N) is 2. The van der Waals surface area contributed by atoms with Gasteiger partial charge in [-0.05, 0) is 58.3 Å². The van der Waals surface area contributed by atoms with Gasteiger partial charge in [0.1, 0.15) is 0 Å². The standard InChI is InChI=1S/C21H29N3O/c1-15-12-20(21(25)23-11-10-18(14-23)13-22-4)17(3)24(15)16(2)19-8-6-5-7-9-19/h5-9,12,16,18,22H,10-11,13-14H2,1-4H3/t16-,18-/m1/s1. The number of nitrogens with one attached hydrogen (secondary N) is 1. The molecule has 0 aliphatic carbocycles. The van der Waals surface area contributed by atoms with E-state index in [1.54, 1.807) is 0 Å². The van der Waals surface area contributed by atoms with E-state index in [9.17, 15) is 4.79 Å². The van der Waals surface area contributed by atoms with Gasteiger partial charge < -0.3 is 14.8 Å². The molecule has 4 nitrogen and oxygen atoms in total. The molecule has 3 rings (SSSR count). The van der Waals surface area contributed by atoms with E-state index in [1.165, 1.54) is 5.56 Å². The molecule has 25 heavy (non-hydrogen) atoms. The van der Waals surface area contributed by atoms with Crippen LogP contribution in [0.25, 0.3) is 0 Å². The summed E-state index contributed by atoms with van der Waals surface area (Å²) < 4.78 is 2.28. The normalized spacial score (nSPS) is 18.6. The summed E-state index contributed by atoms with van der Waals surface area (Å²) in [4.78, 5) is 15.0. The Morgan fingerprint density at radius 1 is 1.28 bits per heavy atom. The molecular formula is C21H29N3O. The average Bonchev–Trinajstić information content (AvgIpc) is 3.19. The molecule has 0 saturated carbocycles. The lowest BCUT2D eigenvalue weighted by Crippen LogP contribution is -2.30. The number of rotatable bonds is 5. The summed E-state index contributed by atoms with van der Waals surface area (Å²) >= 11 is 0. The van der Waals surface area contributed by atoms with Crippen LogP contribution in [0.2, 0.25) is 0 Å². The second-order valence-electron chi connectivity index (χ2n) is 7.21. The predicted octanol–water partition coefficient (Wildman–Crippen LogP) is 3.40. The third kappa shape index (κ3) is 3.49. The lowest BCUT2D eigenvalue weighted by Gasteiger charge is -2.20. The predicted molar refractivity (Wildman–Crippen MR) is 102 cm³/mol. The zero-order chi connectivity index (χ0) is 18.0. The molecule has 0 radical (unpaired) electrons. The Labute approximate surface area is 150 Å². The zero-order valence-corrected chi connectivity index (χ0v) is 15.7. The largest absolute Gasteiger partial charge is 0.341 e. The summed E-state index contributed by atoms with van der Waals surface area (Å²) in [5.41, 5.74) is 4.32. The van der Waals surface area contributed by atoms with Gasteiger partial charge in [0.05, 0.1) is 11.6 Å². The van der Waals surface area contributed by atoms with Gasteiger partial charge in [-0.15, -0.1) is 0 Å². The first kappa shape index (κ1) is 17.7. The number of hydrogen-bond donors (Lipinski definition) is 1. The molecule has 0 spiro atoms. The maximum atomic E-state index is 13.0. The van der Waals surface area contributed by atoms with Crippen LogP contribution in [-0.4, -0.2) is 42.1 Å². The minimum atomic E-state index is 0.179. The Bertz CT molecular complexity index is 735. The highest BCUT2D eigenvalue weighted by atomic mass is 16.2. The van der Waals surface area contributed by atoms with Gasteiger partial charge in [0.25, 0.3) is 5.91 Å². The van der Waals surface area contributed by atoms with E-state index < -0.39 is 0 Å². The summed E-state index contributed by atoms with van der Waals surface area (Å²) in [5, 5.41) is 3.22. The zero-order valence-electron chi connectivity index (χ0n) is 15.7. The van der Waals surface area contributed by atoms with Crippen LogP contribution < -0.4 is 5.32 Å². The van der Waals surface area contributed by atoms with Crippen LogP contribution in [-0.2, 0) is 0 Å². The third-order valence-electron chi connectivity index (χ3n) is 5.45. The van der Waals surface area contributed by atoms with Crippen molar-refractivity contribution in [3.8, 4) is 0 Å². The van der Waals surface area contributed by atoms with Gasteiger partial charge in [0.2, 0.25) is 0 Å². The van der Waals surface area contributed by atoms with Crippen molar-refractivity contribution in [3.63, 3.8) is 0 Å². The molecule has 0 unspecified atom stereocenters. The number of likely N-dealkylation sites (tertiary alicyclic amines) is 1. The fraction of sp³-hybridized carbons (Fsp3) is 0.476. The van der Waals surface area contributed by atoms with E-state index >= 15 is 0 Å². The van der Waals surface area contributed by atoms with Crippen molar-refractivity contribution in [2.75, 3.05) is 26.7 Å². The fourth-order valence-corrected chi connectivity index (χ4v) is 4.11. The van der Waals surface area contributed by atoms with Crippen LogP contribution in [0.4, 0.5) is 0 Å². The topological polar surface area (TPSA) is 37.3 Å². The van der Waals surface area contributed by atoms with E-state index in [1.807, 2.05) is 18.0 Å². The molecule has 1 aromatic carbocycles. The highest BCUT2D eigenvalue weighted by molar-refractivity contribution is 5.96. The second-order valence-corrected chi connectivity index (χ2v) is 7.21. The van der Waals surface area contributed by atoms with E-state index in [4.69, 9.17) is 0 Å². The maximum absolute atomic E-state index is 13.0. The molecule has 1 fully saturated rings. The molecule has 1 aliphatic rings. The smallest absolute Gasteiger partial charge is 0.255 e. The summed E-state index contributed by atoms with van der Waals surface area (Å²) in [6.45, 7) is 9.06. The van der Waals surface area contributed by atoms with E-state index in [0.717, 1.165) is 43.0 Å². The number of carbonyl (C=O) groups is 1. The third-order valence-corrected chi connectivity index (χ3v) is 5.45. The first-order valence-corrected chi connectivity index (χ1v) is 9.20. The molecular weight excluding hydrogens is 310 g/mol. The van der Waals surface area contributed by atoms with Gasteiger partial charge in [-0.3, -0.25) is 4.79 Å². The molecule has 2 heterocycles. The van der Waals surface area contributed by atoms with E-state index in [0.29, 0.717) is 5.92 Å². The molecule has 1 aromatic heterocycles. The van der Waals surface area contributed by atoms with Gasteiger partial charge >= 0.3 is 0 Å². The summed E-state index contributed by atoms with van der Waals surface area (Å²) in [6.07, 6.45) is 1.09. The van der Waals surface area contributed by atoms with Crippen molar-refractivity contribution in [1.29, 1.82) is 0 Å². The van der Waals surface area contributed by atoms with Crippen molar-refractivity contribution in [3.05, 3.63) is 58.9 Å². The Balaban J connectivity index is 1.84. The lowest BCUT2D eigenvalue weighted by atomic mass is 10.1. The van der Waals surface area contributed by atoms with Crippen LogP contribution in [0.3, 0.4) is 0 Å². The molecule has 1 saturated heterocycles. The Morgan fingerprint density at radius 3 is 2.68 bits per heavy atom. The molecule has 1 N–H and O–H groups in total. The van der Waals surface area contributed by atoms with Crippen molar-refractivity contribution in [1.82, 2.24) is 14.8 Å². The van der Waals surface area contributed by atoms with Gasteiger partial charge in [-0.25, -0.2) is 0 Å². The summed E-state index contributed by atoms with van der Waals surface area (Å²) in [6, 6.07) is 12.7. The fourth-order valence-electron chi connectivity index (χ4n) is 4.11. The van der Waals surface area contributed by atoms with Crippen LogP contribution in [0, 0.1) is 19.8 Å². The highest BCUT2D eigenvalue weighted by Gasteiger charge is 2.29. The number of aromatic nitrogens is 1. The first-order chi connectivity index (χ1) is 12.0.